The van der Waals surface area contributed by atoms with E-state index in [0.717, 1.165) is 0 Å². The molecule has 8 heavy (non-hydrogen) atoms. The van der Waals surface area contributed by atoms with Gasteiger partial charge in [-0.05, 0) is 0 Å². The Labute approximate surface area is 65.9 Å². The molecule has 0 aromatic rings. The Hall–Kier alpha value is 1.58. The van der Waals surface area contributed by atoms with Crippen LogP contribution in [-0.2, 0) is 6.20 Å². The Morgan fingerprint density at radius 3 is 1.75 bits per heavy atom. The van der Waals surface area contributed by atoms with E-state index in [1.165, 1.54) is 0 Å². The quantitative estimate of drug-likeness (QED) is 0.633. The third-order valence-corrected chi connectivity index (χ3v) is 4.86. The monoisotopic (exact) mass is 299 g/mol. The molecule has 1 fully saturated rings. The van der Waals surface area contributed by atoms with Gasteiger partial charge in [0.15, 0.2) is 0 Å². The third kappa shape index (κ3) is 2.07. The fourth-order valence-electron chi connectivity index (χ4n) is 0.180. The van der Waals surface area contributed by atoms with E-state index in [9.17, 15) is 0 Å². The predicted molar refractivity (Wildman–Crippen MR) is 35.2 cm³/mol. The first-order valence-electron chi connectivity index (χ1n) is 3.45. The molecule has 0 amide bonds. The fraction of sp³-hybridized carbons (Fsp3) is 1.00. The van der Waals surface area contributed by atoms with Crippen molar-refractivity contribution in [1.29, 1.82) is 0 Å². The average molecular weight is 298 g/mol. The van der Waals surface area contributed by atoms with Crippen LogP contribution in [0.5, 0.6) is 0 Å². The summed E-state index contributed by atoms with van der Waals surface area (Å²) in [5.41, 5.74) is 0. The van der Waals surface area contributed by atoms with Crippen LogP contribution in [0.2, 0.25) is 0 Å². The van der Waals surface area contributed by atoms with Crippen molar-refractivity contribution >= 4 is 41.2 Å². The Bertz CT molecular complexity index is 204. The van der Waals surface area contributed by atoms with Crippen LogP contribution >= 0.6 is 26.9 Å². The molecule has 0 bridgehead atoms. The molecule has 0 saturated carbocycles. The molecule has 1 saturated heterocycles. The SMILES string of the molecule is [2H]C1([2H])O[Te](Cl)(Cl)(Cl)OC1([2H])[2H]. The van der Waals surface area contributed by atoms with Crippen LogP contribution in [0.1, 0.15) is 5.48 Å². The van der Waals surface area contributed by atoms with Gasteiger partial charge in [-0.1, -0.05) is 0 Å². The van der Waals surface area contributed by atoms with Crippen LogP contribution in [-0.4, -0.2) is 27.4 Å². The summed E-state index contributed by atoms with van der Waals surface area (Å²) in [5.74, 6) is 0. The Balaban J connectivity index is 3.05. The molecule has 51 valence electrons. The molecule has 0 aromatic carbocycles. The zero-order valence-electron chi connectivity index (χ0n) is 7.36. The Morgan fingerprint density at radius 2 is 1.62 bits per heavy atom. The van der Waals surface area contributed by atoms with Crippen LogP contribution in [0.15, 0.2) is 0 Å². The first-order valence-corrected chi connectivity index (χ1v) is 12.2. The fourth-order valence-corrected chi connectivity index (χ4v) is 2.47. The van der Waals surface area contributed by atoms with Gasteiger partial charge in [0, 0.05) is 0 Å². The van der Waals surface area contributed by atoms with Gasteiger partial charge in [0.1, 0.15) is 0 Å². The topological polar surface area (TPSA) is 18.5 Å². The van der Waals surface area contributed by atoms with Crippen LogP contribution in [0.4, 0.5) is 0 Å². The summed E-state index contributed by atoms with van der Waals surface area (Å²) in [6.07, 6.45) is 0. The molecular weight excluding hydrogens is 290 g/mol. The van der Waals surface area contributed by atoms with Crippen molar-refractivity contribution in [2.75, 3.05) is 13.1 Å². The number of hydrogen-bond acceptors (Lipinski definition) is 2. The summed E-state index contributed by atoms with van der Waals surface area (Å²) in [7, 11) is 16.2. The van der Waals surface area contributed by atoms with E-state index in [1.54, 1.807) is 0 Å². The van der Waals surface area contributed by atoms with E-state index in [2.05, 4.69) is 6.20 Å². The molecule has 0 unspecified atom stereocenters. The second-order valence-corrected chi connectivity index (χ2v) is 19.9. The molecule has 0 N–H and O–H groups in total. The minimum atomic E-state index is -5.29. The van der Waals surface area contributed by atoms with Gasteiger partial charge in [-0.2, -0.15) is 0 Å². The maximum absolute atomic E-state index is 7.01. The van der Waals surface area contributed by atoms with E-state index in [0.29, 0.717) is 0 Å². The zero-order chi connectivity index (χ0) is 9.86. The third-order valence-electron chi connectivity index (χ3n) is 0.382. The maximum atomic E-state index is 7.01. The Morgan fingerprint density at radius 1 is 1.25 bits per heavy atom. The molecule has 1 heterocycles. The van der Waals surface area contributed by atoms with E-state index < -0.39 is 27.4 Å². The van der Waals surface area contributed by atoms with Crippen molar-refractivity contribution in [3.05, 3.63) is 0 Å². The number of halogens is 3. The number of rotatable bonds is 0. The normalized spacial score (nSPS) is 58.1. The van der Waals surface area contributed by atoms with Gasteiger partial charge < -0.3 is 0 Å². The van der Waals surface area contributed by atoms with Gasteiger partial charge in [-0.25, -0.2) is 0 Å². The number of hydrogen-bond donors (Lipinski definition) is 0. The first kappa shape index (κ1) is 3.82. The van der Waals surface area contributed by atoms with Crippen molar-refractivity contribution < 1.29 is 11.7 Å². The summed E-state index contributed by atoms with van der Waals surface area (Å²) in [6, 6.07) is 0. The van der Waals surface area contributed by atoms with E-state index in [4.69, 9.17) is 32.4 Å². The predicted octanol–water partition coefficient (Wildman–Crippen LogP) is 1.64. The Kier molecular flexibility index (Phi) is 0.971. The van der Waals surface area contributed by atoms with E-state index in [-0.39, 0.29) is 0 Å². The van der Waals surface area contributed by atoms with Crippen LogP contribution in [0.25, 0.3) is 0 Å². The van der Waals surface area contributed by atoms with E-state index in [1.807, 2.05) is 0 Å². The van der Waals surface area contributed by atoms with Crippen LogP contribution < -0.4 is 0 Å². The summed E-state index contributed by atoms with van der Waals surface area (Å²) in [5, 5.41) is 0. The van der Waals surface area contributed by atoms with Gasteiger partial charge in [-0.15, -0.1) is 0 Å². The van der Waals surface area contributed by atoms with Gasteiger partial charge in [-0.3, -0.25) is 0 Å². The first-order chi connectivity index (χ1) is 4.93. The van der Waals surface area contributed by atoms with Crippen molar-refractivity contribution in [2.24, 2.45) is 0 Å². The zero-order valence-corrected chi connectivity index (χ0v) is 7.96. The van der Waals surface area contributed by atoms with E-state index >= 15 is 0 Å². The molecule has 0 spiro atoms. The van der Waals surface area contributed by atoms with Crippen molar-refractivity contribution in [1.82, 2.24) is 0 Å². The van der Waals surface area contributed by atoms with Crippen molar-refractivity contribution in [2.45, 2.75) is 0 Å². The minimum absolute atomic E-state index is 2.71. The second-order valence-electron chi connectivity index (χ2n) is 0.992. The van der Waals surface area contributed by atoms with Gasteiger partial charge in [0.25, 0.3) is 0 Å². The standard InChI is InChI=1S/C2H4Cl3O2Te/c3-8(4,5)6-1-2-7-8/h1-2H2/i1D2,2D2. The molecule has 1 rings (SSSR count). The summed E-state index contributed by atoms with van der Waals surface area (Å²) in [4.78, 5) is 0. The summed E-state index contributed by atoms with van der Waals surface area (Å²) < 4.78 is 36.8. The van der Waals surface area contributed by atoms with Crippen molar-refractivity contribution in [3.63, 3.8) is 0 Å². The molecule has 1 aliphatic heterocycles. The molecule has 0 atom stereocenters. The van der Waals surface area contributed by atoms with Crippen LogP contribution in [0, 0.1) is 0 Å². The van der Waals surface area contributed by atoms with Gasteiger partial charge in [0.2, 0.25) is 0 Å². The van der Waals surface area contributed by atoms with Gasteiger partial charge in [0.05, 0.1) is 0 Å². The molecule has 2 nitrogen and oxygen atoms in total. The molecule has 6 heteroatoms. The summed E-state index contributed by atoms with van der Waals surface area (Å²) >= 11 is -5.29. The van der Waals surface area contributed by atoms with Gasteiger partial charge >= 0.3 is 66.0 Å². The second kappa shape index (κ2) is 2.03. The average Bonchev–Trinajstić information content (AvgIpc) is 1.61. The summed E-state index contributed by atoms with van der Waals surface area (Å²) in [6.45, 7) is -5.42. The molecule has 1 radical (unpaired) electrons. The van der Waals surface area contributed by atoms with Crippen LogP contribution in [0.3, 0.4) is 0 Å². The molecule has 1 aliphatic rings. The molecular formula is C2H4Cl3O2Te. The molecule has 0 aromatic heterocycles. The van der Waals surface area contributed by atoms with Crippen molar-refractivity contribution in [3.8, 4) is 0 Å². The molecule has 0 aliphatic carbocycles.